The van der Waals surface area contributed by atoms with E-state index in [0.29, 0.717) is 25.5 Å². The molecular formula is C22H28IN3O3S2. The molecule has 0 spiro atoms. The van der Waals surface area contributed by atoms with Gasteiger partial charge in [-0.2, -0.15) is 0 Å². The van der Waals surface area contributed by atoms with E-state index >= 15 is 0 Å². The first kappa shape index (κ1) is 25.6. The van der Waals surface area contributed by atoms with Crippen molar-refractivity contribution in [2.75, 3.05) is 25.9 Å². The maximum atomic E-state index is 12.3. The Morgan fingerprint density at radius 2 is 1.81 bits per heavy atom. The van der Waals surface area contributed by atoms with Crippen LogP contribution in [0, 0.1) is 0 Å². The molecule has 3 N–H and O–H groups in total. The summed E-state index contributed by atoms with van der Waals surface area (Å²) in [6, 6.07) is 19.2. The van der Waals surface area contributed by atoms with Gasteiger partial charge in [0.05, 0.1) is 11.5 Å². The minimum absolute atomic E-state index is 0. The van der Waals surface area contributed by atoms with Gasteiger partial charge in [0, 0.05) is 29.7 Å². The van der Waals surface area contributed by atoms with E-state index in [1.54, 1.807) is 18.4 Å². The number of halogens is 1. The Balaban J connectivity index is 0.00000341. The van der Waals surface area contributed by atoms with Crippen molar-refractivity contribution in [3.8, 4) is 0 Å². The van der Waals surface area contributed by atoms with Gasteiger partial charge in [0.15, 0.2) is 15.8 Å². The number of benzene rings is 2. The van der Waals surface area contributed by atoms with Crippen LogP contribution < -0.4 is 10.6 Å². The number of thiophene rings is 1. The van der Waals surface area contributed by atoms with E-state index in [0.717, 1.165) is 20.5 Å². The number of aliphatic hydroxyl groups is 1. The summed E-state index contributed by atoms with van der Waals surface area (Å²) >= 11 is 1.57. The molecule has 3 aromatic rings. The SMILES string of the molecule is CN=C(NCCCS(=O)(=O)Cc1ccccc1)NCC(O)c1cc2ccccc2s1.I. The molecule has 2 aromatic carbocycles. The van der Waals surface area contributed by atoms with Crippen LogP contribution in [-0.4, -0.2) is 45.4 Å². The molecule has 1 aromatic heterocycles. The van der Waals surface area contributed by atoms with Crippen LogP contribution in [0.15, 0.2) is 65.7 Å². The molecule has 0 aliphatic carbocycles. The lowest BCUT2D eigenvalue weighted by Crippen LogP contribution is -2.40. The molecule has 0 aliphatic rings. The van der Waals surface area contributed by atoms with Gasteiger partial charge in [-0.3, -0.25) is 4.99 Å². The smallest absolute Gasteiger partial charge is 0.191 e. The number of hydrogen-bond acceptors (Lipinski definition) is 5. The fourth-order valence-electron chi connectivity index (χ4n) is 3.08. The van der Waals surface area contributed by atoms with Crippen molar-refractivity contribution in [1.82, 2.24) is 10.6 Å². The molecule has 6 nitrogen and oxygen atoms in total. The van der Waals surface area contributed by atoms with E-state index in [4.69, 9.17) is 0 Å². The minimum atomic E-state index is -3.15. The zero-order valence-corrected chi connectivity index (χ0v) is 21.3. The van der Waals surface area contributed by atoms with Crippen LogP contribution in [0.1, 0.15) is 23.0 Å². The number of guanidine groups is 1. The van der Waals surface area contributed by atoms with Crippen LogP contribution in [0.2, 0.25) is 0 Å². The first-order valence-corrected chi connectivity index (χ1v) is 12.5. The van der Waals surface area contributed by atoms with Crippen molar-refractivity contribution in [2.24, 2.45) is 4.99 Å². The second-order valence-corrected chi connectivity index (χ2v) is 10.3. The fourth-order valence-corrected chi connectivity index (χ4v) is 5.56. The molecule has 0 bridgehead atoms. The number of sulfone groups is 1. The van der Waals surface area contributed by atoms with Gasteiger partial charge in [0.25, 0.3) is 0 Å². The van der Waals surface area contributed by atoms with Crippen LogP contribution in [0.5, 0.6) is 0 Å². The molecule has 0 amide bonds. The predicted molar refractivity (Wildman–Crippen MR) is 140 cm³/mol. The number of rotatable bonds is 9. The molecule has 1 atom stereocenters. The number of nitrogens with one attached hydrogen (secondary N) is 2. The van der Waals surface area contributed by atoms with E-state index in [2.05, 4.69) is 15.6 Å². The van der Waals surface area contributed by atoms with Gasteiger partial charge in [-0.15, -0.1) is 35.3 Å². The third-order valence-corrected chi connectivity index (χ3v) is 7.51. The van der Waals surface area contributed by atoms with E-state index in [-0.39, 0.29) is 35.5 Å². The van der Waals surface area contributed by atoms with Crippen molar-refractivity contribution >= 4 is 61.2 Å². The van der Waals surface area contributed by atoms with Crippen LogP contribution >= 0.6 is 35.3 Å². The highest BCUT2D eigenvalue weighted by atomic mass is 127. The lowest BCUT2D eigenvalue weighted by molar-refractivity contribution is 0.184. The van der Waals surface area contributed by atoms with E-state index in [9.17, 15) is 13.5 Å². The van der Waals surface area contributed by atoms with Gasteiger partial charge in [-0.05, 0) is 29.5 Å². The van der Waals surface area contributed by atoms with Gasteiger partial charge in [0.1, 0.15) is 6.10 Å². The summed E-state index contributed by atoms with van der Waals surface area (Å²) in [5.74, 6) is 0.703. The Kier molecular flexibility index (Phi) is 10.2. The first-order chi connectivity index (χ1) is 14.5. The summed E-state index contributed by atoms with van der Waals surface area (Å²) in [6.45, 7) is 0.797. The molecule has 9 heteroatoms. The fraction of sp³-hybridized carbons (Fsp3) is 0.318. The molecule has 168 valence electrons. The van der Waals surface area contributed by atoms with Gasteiger partial charge in [0.2, 0.25) is 0 Å². The normalized spacial score (nSPS) is 12.9. The summed E-state index contributed by atoms with van der Waals surface area (Å²) in [5, 5.41) is 17.8. The third-order valence-electron chi connectivity index (χ3n) is 4.61. The average Bonchev–Trinajstić information content (AvgIpc) is 3.18. The van der Waals surface area contributed by atoms with Gasteiger partial charge >= 0.3 is 0 Å². The number of hydrogen-bond donors (Lipinski definition) is 3. The molecule has 0 saturated carbocycles. The highest BCUT2D eigenvalue weighted by Gasteiger charge is 2.13. The number of aliphatic imine (C=N–C) groups is 1. The lowest BCUT2D eigenvalue weighted by atomic mass is 10.2. The molecule has 31 heavy (non-hydrogen) atoms. The number of fused-ring (bicyclic) bond motifs is 1. The van der Waals surface area contributed by atoms with Gasteiger partial charge < -0.3 is 15.7 Å². The second kappa shape index (κ2) is 12.4. The van der Waals surface area contributed by atoms with Crippen molar-refractivity contribution in [3.63, 3.8) is 0 Å². The second-order valence-electron chi connectivity index (χ2n) is 7.01. The summed E-state index contributed by atoms with van der Waals surface area (Å²) in [7, 11) is -1.51. The van der Waals surface area contributed by atoms with Crippen LogP contribution in [0.3, 0.4) is 0 Å². The average molecular weight is 574 g/mol. The highest BCUT2D eigenvalue weighted by molar-refractivity contribution is 14.0. The molecule has 1 heterocycles. The minimum Gasteiger partial charge on any atom is -0.386 e. The zero-order valence-electron chi connectivity index (χ0n) is 17.3. The lowest BCUT2D eigenvalue weighted by Gasteiger charge is -2.14. The molecule has 1 unspecified atom stereocenters. The summed E-state index contributed by atoms with van der Waals surface area (Å²) in [6.07, 6.45) is -0.165. The van der Waals surface area contributed by atoms with Gasteiger partial charge in [-0.1, -0.05) is 48.5 Å². The maximum absolute atomic E-state index is 12.3. The first-order valence-electron chi connectivity index (χ1n) is 9.82. The maximum Gasteiger partial charge on any atom is 0.191 e. The van der Waals surface area contributed by atoms with E-state index in [1.165, 1.54) is 0 Å². The molecule has 0 fully saturated rings. The van der Waals surface area contributed by atoms with Gasteiger partial charge in [-0.25, -0.2) is 8.42 Å². The van der Waals surface area contributed by atoms with Crippen LogP contribution in [0.4, 0.5) is 0 Å². The Hall–Kier alpha value is -1.69. The Labute approximate surface area is 204 Å². The van der Waals surface area contributed by atoms with E-state index < -0.39 is 15.9 Å². The predicted octanol–water partition coefficient (Wildman–Crippen LogP) is 3.72. The Bertz CT molecular complexity index is 1050. The molecule has 3 rings (SSSR count). The molecular weight excluding hydrogens is 545 g/mol. The van der Waals surface area contributed by atoms with E-state index in [1.807, 2.05) is 60.7 Å². The number of nitrogens with zero attached hydrogens (tertiary/aromatic N) is 1. The highest BCUT2D eigenvalue weighted by Crippen LogP contribution is 2.29. The quantitative estimate of drug-likeness (QED) is 0.157. The summed E-state index contributed by atoms with van der Waals surface area (Å²) in [5.41, 5.74) is 0.804. The third kappa shape index (κ3) is 8.06. The largest absolute Gasteiger partial charge is 0.386 e. The van der Waals surface area contributed by atoms with Crippen molar-refractivity contribution in [3.05, 3.63) is 71.1 Å². The van der Waals surface area contributed by atoms with Crippen LogP contribution in [0.25, 0.3) is 10.1 Å². The molecule has 0 saturated heterocycles. The van der Waals surface area contributed by atoms with Crippen molar-refractivity contribution in [2.45, 2.75) is 18.3 Å². The van der Waals surface area contributed by atoms with Crippen molar-refractivity contribution < 1.29 is 13.5 Å². The summed E-state index contributed by atoms with van der Waals surface area (Å²) in [4.78, 5) is 5.03. The number of aliphatic hydroxyl groups excluding tert-OH is 1. The molecule has 0 aliphatic heterocycles. The van der Waals surface area contributed by atoms with Crippen LogP contribution in [-0.2, 0) is 15.6 Å². The topological polar surface area (TPSA) is 90.8 Å². The Morgan fingerprint density at radius 3 is 2.52 bits per heavy atom. The van der Waals surface area contributed by atoms with Crippen molar-refractivity contribution in [1.29, 1.82) is 0 Å². The summed E-state index contributed by atoms with van der Waals surface area (Å²) < 4.78 is 25.7. The zero-order chi connectivity index (χ0) is 21.4. The standard InChI is InChI=1S/C22H27N3O3S2.HI/c1-23-22(24-12-7-13-30(27,28)16-17-8-3-2-4-9-17)25-15-19(26)21-14-18-10-5-6-11-20(18)29-21;/h2-6,8-11,14,19,26H,7,12-13,15-16H2,1H3,(H2,23,24,25);1H. The Morgan fingerprint density at radius 1 is 1.10 bits per heavy atom. The molecule has 0 radical (unpaired) electrons. The monoisotopic (exact) mass is 573 g/mol.